The average Bonchev–Trinajstić information content (AvgIpc) is 3.02. The third kappa shape index (κ3) is 2.73. The van der Waals surface area contributed by atoms with Crippen LogP contribution in [0.5, 0.6) is 0 Å². The molecule has 0 aromatic carbocycles. The van der Waals surface area contributed by atoms with Crippen LogP contribution in [0.1, 0.15) is 11.8 Å². The molecular weight excluding hydrogens is 358 g/mol. The van der Waals surface area contributed by atoms with Crippen molar-refractivity contribution in [1.82, 2.24) is 19.4 Å². The van der Waals surface area contributed by atoms with Crippen LogP contribution in [0, 0.1) is 5.41 Å². The van der Waals surface area contributed by atoms with E-state index in [1.54, 1.807) is 23.9 Å². The first-order valence-electron chi connectivity index (χ1n) is 6.74. The molecule has 1 saturated heterocycles. The van der Waals surface area contributed by atoms with Crippen molar-refractivity contribution >= 4 is 38.9 Å². The van der Waals surface area contributed by atoms with Crippen molar-refractivity contribution in [1.29, 1.82) is 5.41 Å². The summed E-state index contributed by atoms with van der Waals surface area (Å²) in [7, 11) is -0.367. The van der Waals surface area contributed by atoms with Crippen molar-refractivity contribution in [3.05, 3.63) is 28.4 Å². The van der Waals surface area contributed by atoms with Crippen LogP contribution in [0.15, 0.2) is 18.5 Å². The number of halogens is 1. The molecule has 2 N–H and O–H groups in total. The molecule has 0 saturated carbocycles. The van der Waals surface area contributed by atoms with Crippen LogP contribution in [0.2, 0.25) is 5.02 Å². The first kappa shape index (κ1) is 16.3. The number of guanidine groups is 1. The number of nitrogens with one attached hydrogen (secondary N) is 2. The molecule has 1 fully saturated rings. The molecule has 0 radical (unpaired) electrons. The maximum Gasteiger partial charge on any atom is 0.239 e. The molecule has 3 heterocycles. The SMILES string of the molecule is CN1C(=N)N[C@](C)(c2sc(-c3cnn(C)c3)cc2Cl)CS1(=O)=O. The summed E-state index contributed by atoms with van der Waals surface area (Å²) in [4.78, 5) is 1.60. The van der Waals surface area contributed by atoms with Gasteiger partial charge in [-0.2, -0.15) is 5.10 Å². The topological polar surface area (TPSA) is 91.1 Å². The van der Waals surface area contributed by atoms with Crippen molar-refractivity contribution in [3.63, 3.8) is 0 Å². The predicted molar refractivity (Wildman–Crippen MR) is 91.3 cm³/mol. The lowest BCUT2D eigenvalue weighted by Gasteiger charge is -2.39. The van der Waals surface area contributed by atoms with E-state index in [0.717, 1.165) is 14.7 Å². The largest absolute Gasteiger partial charge is 0.344 e. The minimum Gasteiger partial charge on any atom is -0.344 e. The summed E-state index contributed by atoms with van der Waals surface area (Å²) < 4.78 is 27.2. The quantitative estimate of drug-likeness (QED) is 0.839. The Bertz CT molecular complexity index is 888. The maximum absolute atomic E-state index is 12.3. The van der Waals surface area contributed by atoms with E-state index in [2.05, 4.69) is 10.4 Å². The predicted octanol–water partition coefficient (Wildman–Crippen LogP) is 1.82. The van der Waals surface area contributed by atoms with E-state index in [0.29, 0.717) is 9.90 Å². The van der Waals surface area contributed by atoms with Gasteiger partial charge in [-0.15, -0.1) is 11.3 Å². The van der Waals surface area contributed by atoms with Gasteiger partial charge in [0.05, 0.1) is 27.4 Å². The zero-order valence-corrected chi connectivity index (χ0v) is 15.2. The molecule has 0 bridgehead atoms. The zero-order chi connectivity index (χ0) is 17.0. The summed E-state index contributed by atoms with van der Waals surface area (Å²) in [6, 6.07) is 1.81. The molecule has 2 aromatic rings. The Hall–Kier alpha value is -1.58. The summed E-state index contributed by atoms with van der Waals surface area (Å²) in [5, 5.41) is 15.5. The first-order chi connectivity index (χ1) is 10.6. The van der Waals surface area contributed by atoms with Gasteiger partial charge in [0.25, 0.3) is 0 Å². The van der Waals surface area contributed by atoms with E-state index < -0.39 is 15.6 Å². The van der Waals surface area contributed by atoms with Gasteiger partial charge in [0, 0.05) is 30.7 Å². The molecule has 7 nitrogen and oxygen atoms in total. The number of sulfonamides is 1. The van der Waals surface area contributed by atoms with Crippen LogP contribution in [-0.2, 0) is 22.6 Å². The lowest BCUT2D eigenvalue weighted by atomic mass is 10.0. The second-order valence-corrected chi connectivity index (χ2v) is 9.18. The van der Waals surface area contributed by atoms with E-state index in [4.69, 9.17) is 17.0 Å². The van der Waals surface area contributed by atoms with Crippen LogP contribution in [0.3, 0.4) is 0 Å². The minimum absolute atomic E-state index is 0.161. The zero-order valence-electron chi connectivity index (χ0n) is 12.8. The van der Waals surface area contributed by atoms with Crippen LogP contribution in [0.25, 0.3) is 10.4 Å². The number of rotatable bonds is 2. The van der Waals surface area contributed by atoms with Crippen molar-refractivity contribution in [2.75, 3.05) is 12.8 Å². The Labute approximate surface area is 143 Å². The molecular formula is C13H16ClN5O2S2. The van der Waals surface area contributed by atoms with E-state index in [-0.39, 0.29) is 11.7 Å². The van der Waals surface area contributed by atoms with Crippen LogP contribution < -0.4 is 5.32 Å². The molecule has 1 aliphatic heterocycles. The maximum atomic E-state index is 12.3. The number of thiophene rings is 1. The van der Waals surface area contributed by atoms with Crippen molar-refractivity contribution in [2.24, 2.45) is 7.05 Å². The first-order valence-corrected chi connectivity index (χ1v) is 9.55. The average molecular weight is 374 g/mol. The highest BCUT2D eigenvalue weighted by atomic mass is 35.5. The Balaban J connectivity index is 2.05. The molecule has 3 rings (SSSR count). The highest BCUT2D eigenvalue weighted by Gasteiger charge is 2.44. The lowest BCUT2D eigenvalue weighted by molar-refractivity contribution is 0.424. The summed E-state index contributed by atoms with van der Waals surface area (Å²) in [6.45, 7) is 1.75. The molecule has 0 spiro atoms. The van der Waals surface area contributed by atoms with Gasteiger partial charge < -0.3 is 5.32 Å². The molecule has 23 heavy (non-hydrogen) atoms. The molecule has 10 heteroatoms. The minimum atomic E-state index is -3.56. The Morgan fingerprint density at radius 3 is 2.74 bits per heavy atom. The second kappa shape index (κ2) is 5.22. The van der Waals surface area contributed by atoms with Crippen molar-refractivity contribution < 1.29 is 8.42 Å². The van der Waals surface area contributed by atoms with Gasteiger partial charge in [0.1, 0.15) is 0 Å². The van der Waals surface area contributed by atoms with E-state index in [9.17, 15) is 8.42 Å². The van der Waals surface area contributed by atoms with E-state index in [1.807, 2.05) is 13.2 Å². The molecule has 2 aromatic heterocycles. The Morgan fingerprint density at radius 1 is 1.48 bits per heavy atom. The number of hydrogen-bond acceptors (Lipinski definition) is 5. The van der Waals surface area contributed by atoms with Gasteiger partial charge in [-0.25, -0.2) is 12.7 Å². The molecule has 1 atom stereocenters. The van der Waals surface area contributed by atoms with E-state index >= 15 is 0 Å². The van der Waals surface area contributed by atoms with Crippen molar-refractivity contribution in [2.45, 2.75) is 12.5 Å². The Morgan fingerprint density at radius 2 is 2.17 bits per heavy atom. The fraction of sp³-hybridized carbons (Fsp3) is 0.385. The van der Waals surface area contributed by atoms with Gasteiger partial charge in [-0.3, -0.25) is 10.1 Å². The molecule has 0 aliphatic carbocycles. The smallest absolute Gasteiger partial charge is 0.239 e. The second-order valence-electron chi connectivity index (χ2n) is 5.72. The highest BCUT2D eigenvalue weighted by molar-refractivity contribution is 7.89. The molecule has 124 valence electrons. The van der Waals surface area contributed by atoms with Crippen LogP contribution in [-0.4, -0.2) is 41.3 Å². The number of nitrogens with zero attached hydrogens (tertiary/aromatic N) is 3. The van der Waals surface area contributed by atoms with Crippen LogP contribution in [0.4, 0.5) is 0 Å². The summed E-state index contributed by atoms with van der Waals surface area (Å²) in [6.07, 6.45) is 3.60. The summed E-state index contributed by atoms with van der Waals surface area (Å²) in [5.41, 5.74) is -0.0231. The fourth-order valence-electron chi connectivity index (χ4n) is 2.53. The standard InChI is InChI=1S/C13H16ClN5O2S2/c1-13(7-23(20,21)19(3)12(15)17-13)11-9(14)4-10(22-11)8-5-16-18(2)6-8/h4-6H,7H2,1-3H3,(H2,15,17)/t13-/m0/s1. The van der Waals surface area contributed by atoms with Crippen LogP contribution >= 0.6 is 22.9 Å². The third-order valence-corrected chi connectivity index (χ3v) is 7.59. The van der Waals surface area contributed by atoms with Gasteiger partial charge in [-0.05, 0) is 13.0 Å². The highest BCUT2D eigenvalue weighted by Crippen LogP contribution is 2.42. The van der Waals surface area contributed by atoms with Gasteiger partial charge in [0.15, 0.2) is 0 Å². The number of aromatic nitrogens is 2. The summed E-state index contributed by atoms with van der Waals surface area (Å²) in [5.74, 6) is -0.322. The normalized spacial score (nSPS) is 23.8. The molecule has 0 unspecified atom stereocenters. The third-order valence-electron chi connectivity index (χ3n) is 3.77. The number of hydrogen-bond donors (Lipinski definition) is 2. The summed E-state index contributed by atoms with van der Waals surface area (Å²) >= 11 is 7.77. The monoisotopic (exact) mass is 373 g/mol. The molecule has 1 aliphatic rings. The van der Waals surface area contributed by atoms with Gasteiger partial charge >= 0.3 is 0 Å². The molecule has 0 amide bonds. The lowest BCUT2D eigenvalue weighted by Crippen LogP contribution is -2.60. The van der Waals surface area contributed by atoms with E-state index in [1.165, 1.54) is 18.4 Å². The van der Waals surface area contributed by atoms with Gasteiger partial charge in [0.2, 0.25) is 16.0 Å². The van der Waals surface area contributed by atoms with Crippen molar-refractivity contribution in [3.8, 4) is 10.4 Å². The number of aryl methyl sites for hydroxylation is 1. The fourth-order valence-corrected chi connectivity index (χ4v) is 5.71. The Kier molecular flexibility index (Phi) is 3.69. The van der Waals surface area contributed by atoms with Gasteiger partial charge in [-0.1, -0.05) is 11.6 Å².